The predicted octanol–water partition coefficient (Wildman–Crippen LogP) is 9.04. The van der Waals surface area contributed by atoms with E-state index in [1.807, 2.05) is 37.3 Å². The monoisotopic (exact) mass is 508 g/mol. The normalized spacial score (nSPS) is 25.2. The Labute approximate surface area is 221 Å². The van der Waals surface area contributed by atoms with Crippen molar-refractivity contribution in [2.75, 3.05) is 0 Å². The fraction of sp³-hybridized carbons (Fsp3) is 0.545. The van der Waals surface area contributed by atoms with E-state index in [1.165, 1.54) is 18.6 Å². The number of allylic oxidation sites excluding steroid dienone is 2. The van der Waals surface area contributed by atoms with Gasteiger partial charge in [-0.05, 0) is 119 Å². The highest BCUT2D eigenvalue weighted by Crippen LogP contribution is 2.38. The fourth-order valence-electron chi connectivity index (χ4n) is 6.22. The molecule has 2 aliphatic rings. The van der Waals surface area contributed by atoms with Crippen LogP contribution in [0.25, 0.3) is 0 Å². The van der Waals surface area contributed by atoms with Crippen molar-refractivity contribution in [3.63, 3.8) is 0 Å². The van der Waals surface area contributed by atoms with Crippen molar-refractivity contribution in [3.8, 4) is 0 Å². The fourth-order valence-corrected chi connectivity index (χ4v) is 6.22. The van der Waals surface area contributed by atoms with Crippen molar-refractivity contribution in [1.29, 1.82) is 0 Å². The Kier molecular flexibility index (Phi) is 9.94. The third kappa shape index (κ3) is 7.52. The van der Waals surface area contributed by atoms with E-state index in [2.05, 4.69) is 19.1 Å². The molecule has 2 aromatic carbocycles. The van der Waals surface area contributed by atoms with Gasteiger partial charge in [0.15, 0.2) is 0 Å². The van der Waals surface area contributed by atoms with E-state index in [0.717, 1.165) is 69.3 Å². The minimum Gasteiger partial charge on any atom is -0.462 e. The summed E-state index contributed by atoms with van der Waals surface area (Å²) in [6, 6.07) is 12.9. The quantitative estimate of drug-likeness (QED) is 0.249. The third-order valence-electron chi connectivity index (χ3n) is 8.63. The van der Waals surface area contributed by atoms with Gasteiger partial charge in [0, 0.05) is 5.56 Å². The van der Waals surface area contributed by atoms with E-state index in [1.54, 1.807) is 0 Å². The highest BCUT2D eigenvalue weighted by atomic mass is 19.1. The first kappa shape index (κ1) is 27.5. The van der Waals surface area contributed by atoms with Crippen LogP contribution in [0.2, 0.25) is 0 Å². The van der Waals surface area contributed by atoms with Gasteiger partial charge < -0.3 is 4.74 Å². The molecule has 4 heteroatoms. The summed E-state index contributed by atoms with van der Waals surface area (Å²) in [5.41, 5.74) is 1.95. The topological polar surface area (TPSA) is 26.3 Å². The van der Waals surface area contributed by atoms with Gasteiger partial charge in [-0.2, -0.15) is 0 Å². The van der Waals surface area contributed by atoms with Crippen LogP contribution in [0.5, 0.6) is 0 Å². The molecule has 2 aromatic rings. The maximum atomic E-state index is 15.0. The van der Waals surface area contributed by atoms with Crippen molar-refractivity contribution in [1.82, 2.24) is 0 Å². The summed E-state index contributed by atoms with van der Waals surface area (Å²) in [6.07, 6.45) is 14.3. The van der Waals surface area contributed by atoms with E-state index in [4.69, 9.17) is 4.74 Å². The molecule has 0 saturated heterocycles. The zero-order valence-electron chi connectivity index (χ0n) is 22.4. The second-order valence-corrected chi connectivity index (χ2v) is 11.3. The number of ether oxygens (including phenoxy) is 1. The Morgan fingerprint density at radius 3 is 2.24 bits per heavy atom. The Morgan fingerprint density at radius 1 is 0.973 bits per heavy atom. The van der Waals surface area contributed by atoms with Crippen LogP contribution in [-0.2, 0) is 16.0 Å². The first-order chi connectivity index (χ1) is 17.9. The lowest BCUT2D eigenvalue weighted by Gasteiger charge is -2.31. The molecule has 0 bridgehead atoms. The SMILES string of the molecule is C/C=C/CCC1CCC(OC(=O)C2CCC(c3cc(F)c(C[C@H](C)c4ccccc4)c(F)c3)CC2)CC1. The van der Waals surface area contributed by atoms with Gasteiger partial charge in [-0.3, -0.25) is 4.79 Å². The van der Waals surface area contributed by atoms with Crippen LogP contribution in [0, 0.1) is 23.5 Å². The van der Waals surface area contributed by atoms with Gasteiger partial charge in [0.2, 0.25) is 0 Å². The molecular weight excluding hydrogens is 466 g/mol. The molecule has 2 saturated carbocycles. The van der Waals surface area contributed by atoms with Crippen LogP contribution in [0.1, 0.15) is 107 Å². The van der Waals surface area contributed by atoms with Crippen LogP contribution in [0.4, 0.5) is 8.78 Å². The molecule has 0 N–H and O–H groups in total. The molecule has 0 aliphatic heterocycles. The van der Waals surface area contributed by atoms with E-state index >= 15 is 8.78 Å². The molecule has 0 amide bonds. The van der Waals surface area contributed by atoms with Crippen LogP contribution in [-0.4, -0.2) is 12.1 Å². The number of carbonyl (C=O) groups is 1. The molecule has 0 heterocycles. The zero-order valence-corrected chi connectivity index (χ0v) is 22.4. The average Bonchev–Trinajstić information content (AvgIpc) is 2.92. The molecule has 1 atom stereocenters. The van der Waals surface area contributed by atoms with Crippen molar-refractivity contribution < 1.29 is 18.3 Å². The van der Waals surface area contributed by atoms with Gasteiger partial charge in [-0.1, -0.05) is 49.4 Å². The molecule has 0 radical (unpaired) electrons. The summed E-state index contributed by atoms with van der Waals surface area (Å²) in [4.78, 5) is 12.8. The first-order valence-electron chi connectivity index (χ1n) is 14.3. The summed E-state index contributed by atoms with van der Waals surface area (Å²) in [5.74, 6) is -0.216. The summed E-state index contributed by atoms with van der Waals surface area (Å²) in [7, 11) is 0. The van der Waals surface area contributed by atoms with Gasteiger partial charge in [-0.15, -0.1) is 0 Å². The van der Waals surface area contributed by atoms with Crippen LogP contribution >= 0.6 is 0 Å². The van der Waals surface area contributed by atoms with Crippen LogP contribution in [0.3, 0.4) is 0 Å². The van der Waals surface area contributed by atoms with E-state index in [0.29, 0.717) is 12.0 Å². The Morgan fingerprint density at radius 2 is 1.62 bits per heavy atom. The number of carbonyl (C=O) groups excluding carboxylic acids is 1. The largest absolute Gasteiger partial charge is 0.462 e. The first-order valence-corrected chi connectivity index (χ1v) is 14.3. The lowest BCUT2D eigenvalue weighted by atomic mass is 9.78. The molecule has 0 aromatic heterocycles. The number of halogens is 2. The molecule has 37 heavy (non-hydrogen) atoms. The molecule has 2 fully saturated rings. The van der Waals surface area contributed by atoms with Crippen molar-refractivity contribution >= 4 is 5.97 Å². The summed E-state index contributed by atoms with van der Waals surface area (Å²) >= 11 is 0. The minimum atomic E-state index is -0.458. The standard InChI is InChI=1S/C33H42F2O2/c1-3-4-6-9-24-12-18-29(19-13-24)37-33(36)27-16-14-26(15-17-27)28-21-31(34)30(32(35)22-28)20-23(2)25-10-7-5-8-11-25/h3-5,7-8,10-11,21-24,26-27,29H,6,9,12-20H2,1-2H3/b4-3+/t23-,24?,26?,27?,29?/m0/s1. The van der Waals surface area contributed by atoms with Crippen LogP contribution < -0.4 is 0 Å². The van der Waals surface area contributed by atoms with Crippen molar-refractivity contribution in [2.45, 2.75) is 102 Å². The minimum absolute atomic E-state index is 0.0331. The number of benzene rings is 2. The van der Waals surface area contributed by atoms with E-state index in [9.17, 15) is 4.79 Å². The predicted molar refractivity (Wildman–Crippen MR) is 146 cm³/mol. The number of hydrogen-bond acceptors (Lipinski definition) is 2. The highest BCUT2D eigenvalue weighted by Gasteiger charge is 2.31. The maximum absolute atomic E-state index is 15.0. The van der Waals surface area contributed by atoms with E-state index < -0.39 is 11.6 Å². The smallest absolute Gasteiger partial charge is 0.309 e. The highest BCUT2D eigenvalue weighted by molar-refractivity contribution is 5.72. The lowest BCUT2D eigenvalue weighted by Crippen LogP contribution is -2.30. The molecule has 0 spiro atoms. The Bertz CT molecular complexity index is 1010. The molecule has 4 rings (SSSR count). The van der Waals surface area contributed by atoms with Gasteiger partial charge in [0.05, 0.1) is 5.92 Å². The van der Waals surface area contributed by atoms with Crippen molar-refractivity contribution in [3.05, 3.63) is 82.9 Å². The number of rotatable bonds is 9. The Hall–Kier alpha value is -2.49. The third-order valence-corrected chi connectivity index (χ3v) is 8.63. The summed E-state index contributed by atoms with van der Waals surface area (Å²) in [5, 5.41) is 0. The number of hydrogen-bond donors (Lipinski definition) is 0. The second kappa shape index (κ2) is 13.3. The summed E-state index contributed by atoms with van der Waals surface area (Å²) < 4.78 is 35.9. The molecular formula is C33H42F2O2. The van der Waals surface area contributed by atoms with Gasteiger partial charge in [0.1, 0.15) is 17.7 Å². The van der Waals surface area contributed by atoms with Crippen LogP contribution in [0.15, 0.2) is 54.6 Å². The van der Waals surface area contributed by atoms with Gasteiger partial charge >= 0.3 is 5.97 Å². The molecule has 2 nitrogen and oxygen atoms in total. The second-order valence-electron chi connectivity index (χ2n) is 11.3. The molecule has 2 aliphatic carbocycles. The maximum Gasteiger partial charge on any atom is 0.309 e. The lowest BCUT2D eigenvalue weighted by molar-refractivity contribution is -0.157. The van der Waals surface area contributed by atoms with Gasteiger partial charge in [-0.25, -0.2) is 8.78 Å². The average molecular weight is 509 g/mol. The van der Waals surface area contributed by atoms with Gasteiger partial charge in [0.25, 0.3) is 0 Å². The summed E-state index contributed by atoms with van der Waals surface area (Å²) in [6.45, 7) is 4.06. The number of esters is 1. The van der Waals surface area contributed by atoms with E-state index in [-0.39, 0.29) is 35.4 Å². The molecule has 0 unspecified atom stereocenters. The van der Waals surface area contributed by atoms with Crippen molar-refractivity contribution in [2.24, 2.45) is 11.8 Å². The zero-order chi connectivity index (χ0) is 26.2. The molecule has 200 valence electrons. The Balaban J connectivity index is 1.25.